The summed E-state index contributed by atoms with van der Waals surface area (Å²) in [7, 11) is 1.24. The summed E-state index contributed by atoms with van der Waals surface area (Å²) in [5.74, 6) is 0.421. The number of aryl methyl sites for hydroxylation is 1. The molecule has 69 heavy (non-hydrogen) atoms. The highest BCUT2D eigenvalue weighted by atomic mass is 35.5. The van der Waals surface area contributed by atoms with Gasteiger partial charge in [0.25, 0.3) is 5.56 Å². The molecule has 0 spiro atoms. The quantitative estimate of drug-likeness (QED) is 0.0393. The van der Waals surface area contributed by atoms with Crippen LogP contribution in [-0.2, 0) is 41.8 Å². The first kappa shape index (κ1) is 50.9. The number of anilines is 1. The fraction of sp³-hybridized carbons (Fsp3) is 0.440. The van der Waals surface area contributed by atoms with E-state index in [0.29, 0.717) is 91.3 Å². The average molecular weight is 1000 g/mol. The molecular formula is C50H58ClN7O9S2. The second kappa shape index (κ2) is 23.6. The Labute approximate surface area is 413 Å². The second-order valence-electron chi connectivity index (χ2n) is 17.7. The summed E-state index contributed by atoms with van der Waals surface area (Å²) in [5, 5.41) is 10.0. The number of esters is 1. The minimum Gasteiger partial charge on any atom is -0.489 e. The number of piperidine rings is 1. The fourth-order valence-electron chi connectivity index (χ4n) is 8.59. The van der Waals surface area contributed by atoms with E-state index in [1.807, 2.05) is 49.9 Å². The van der Waals surface area contributed by atoms with Gasteiger partial charge in [0.2, 0.25) is 23.6 Å². The zero-order valence-corrected chi connectivity index (χ0v) is 41.7. The van der Waals surface area contributed by atoms with Crippen LogP contribution in [0.25, 0.3) is 32.1 Å². The number of pyridine rings is 2. The molecule has 2 aliphatic heterocycles. The smallest absolute Gasteiger partial charge is 0.328 e. The van der Waals surface area contributed by atoms with Crippen molar-refractivity contribution >= 4 is 97.0 Å². The van der Waals surface area contributed by atoms with Crippen LogP contribution in [0, 0.1) is 12.8 Å². The number of likely N-dealkylation sites (tertiary alicyclic amines) is 2. The fourth-order valence-corrected chi connectivity index (χ4v) is 10.8. The van der Waals surface area contributed by atoms with Crippen molar-refractivity contribution in [3.8, 4) is 16.9 Å². The van der Waals surface area contributed by atoms with Gasteiger partial charge in [-0.15, -0.1) is 11.3 Å². The summed E-state index contributed by atoms with van der Waals surface area (Å²) in [6.07, 6.45) is 6.87. The highest BCUT2D eigenvalue weighted by Gasteiger charge is 2.30. The molecule has 366 valence electrons. The number of thiophene rings is 1. The number of urea groups is 1. The maximum absolute atomic E-state index is 13.2. The van der Waals surface area contributed by atoms with Crippen molar-refractivity contribution in [2.75, 3.05) is 43.6 Å². The van der Waals surface area contributed by atoms with Gasteiger partial charge in [-0.3, -0.25) is 33.9 Å². The van der Waals surface area contributed by atoms with Crippen molar-refractivity contribution in [3.05, 3.63) is 86.7 Å². The lowest BCUT2D eigenvalue weighted by Crippen LogP contribution is -2.44. The van der Waals surface area contributed by atoms with Crippen molar-refractivity contribution in [1.82, 2.24) is 30.0 Å². The molecule has 1 atom stereocenters. The standard InChI is InChI=1S/C50H58ClN7O9S2/c1-30(2)26-57-28-41(35-9-5-6-10-37(35)48(57)63)55-50(65)54-39(49(64)66-4)17-22-68-29-42(59)53-18-8-7-11-43(60)56-20-15-33(16-21-56)67-46-31(3)23-32(51)24-38(46)36-14-19-52-40-25-34(69-47(36)40)27-58-44(61)12-13-45(58)62/h5-6,9-10,14,19,23-25,28,30,33,39H,7-8,11-13,15-18,20-22,26-27,29H2,1-4H3,(H,53,59)(H2,54,55,65). The van der Waals surface area contributed by atoms with Gasteiger partial charge in [-0.05, 0) is 73.8 Å². The molecule has 3 N–H and O–H groups in total. The molecule has 0 bridgehead atoms. The van der Waals surface area contributed by atoms with Gasteiger partial charge in [0, 0.05) is 102 Å². The Hall–Kier alpha value is -5.98. The van der Waals surface area contributed by atoms with Gasteiger partial charge in [0.1, 0.15) is 17.9 Å². The number of unbranched alkanes of at least 4 members (excludes halogenated alkanes) is 1. The number of amides is 6. The van der Waals surface area contributed by atoms with Gasteiger partial charge in [-0.1, -0.05) is 43.6 Å². The number of carbonyl (C=O) groups excluding carboxylic acids is 6. The number of aromatic nitrogens is 2. The van der Waals surface area contributed by atoms with Crippen LogP contribution in [0.5, 0.6) is 5.75 Å². The number of ether oxygens (including phenoxy) is 2. The number of nitrogens with zero attached hydrogens (tertiary/aromatic N) is 4. The van der Waals surface area contributed by atoms with Crippen molar-refractivity contribution in [1.29, 1.82) is 0 Å². The van der Waals surface area contributed by atoms with Crippen LogP contribution < -0.4 is 26.2 Å². The lowest BCUT2D eigenvalue weighted by atomic mass is 10.0. The van der Waals surface area contributed by atoms with Crippen molar-refractivity contribution in [2.24, 2.45) is 5.92 Å². The Morgan fingerprint density at radius 2 is 1.71 bits per heavy atom. The Morgan fingerprint density at radius 1 is 0.971 bits per heavy atom. The van der Waals surface area contributed by atoms with E-state index in [-0.39, 0.29) is 72.8 Å². The Morgan fingerprint density at radius 3 is 2.43 bits per heavy atom. The van der Waals surface area contributed by atoms with Crippen molar-refractivity contribution in [2.45, 2.75) is 97.4 Å². The van der Waals surface area contributed by atoms with Crippen LogP contribution in [0.4, 0.5) is 10.5 Å². The Bertz CT molecular complexity index is 2770. The number of imide groups is 1. The largest absolute Gasteiger partial charge is 0.489 e. The van der Waals surface area contributed by atoms with Gasteiger partial charge in [0.15, 0.2) is 0 Å². The predicted octanol–water partition coefficient (Wildman–Crippen LogP) is 7.69. The zero-order chi connectivity index (χ0) is 49.2. The summed E-state index contributed by atoms with van der Waals surface area (Å²) in [4.78, 5) is 97.8. The number of hydrogen-bond acceptors (Lipinski definition) is 12. The molecule has 3 aromatic heterocycles. The second-order valence-corrected chi connectivity index (χ2v) is 20.4. The first-order valence-corrected chi connectivity index (χ1v) is 25.6. The number of hydrogen-bond donors (Lipinski definition) is 3. The molecule has 2 aliphatic rings. The molecule has 19 heteroatoms. The summed E-state index contributed by atoms with van der Waals surface area (Å²) >= 11 is 9.43. The Balaban J connectivity index is 0.814. The van der Waals surface area contributed by atoms with E-state index in [1.165, 1.54) is 35.1 Å². The van der Waals surface area contributed by atoms with E-state index in [4.69, 9.17) is 21.1 Å². The molecule has 0 aliphatic carbocycles. The minimum absolute atomic E-state index is 0.0645. The van der Waals surface area contributed by atoms with Crippen LogP contribution in [0.3, 0.4) is 0 Å². The normalized spacial score (nSPS) is 14.7. The van der Waals surface area contributed by atoms with Crippen LogP contribution >= 0.6 is 34.7 Å². The van der Waals surface area contributed by atoms with Gasteiger partial charge < -0.3 is 34.9 Å². The van der Waals surface area contributed by atoms with E-state index in [9.17, 15) is 33.6 Å². The predicted molar refractivity (Wildman–Crippen MR) is 270 cm³/mol. The maximum atomic E-state index is 13.2. The van der Waals surface area contributed by atoms with E-state index >= 15 is 0 Å². The summed E-state index contributed by atoms with van der Waals surface area (Å²) < 4.78 is 14.1. The number of nitrogens with one attached hydrogen (secondary N) is 3. The first-order chi connectivity index (χ1) is 33.2. The molecule has 1 unspecified atom stereocenters. The number of carbonyl (C=O) groups is 6. The van der Waals surface area contributed by atoms with E-state index in [0.717, 1.165) is 31.8 Å². The lowest BCUT2D eigenvalue weighted by Gasteiger charge is -2.33. The van der Waals surface area contributed by atoms with Gasteiger partial charge in [0.05, 0.1) is 35.3 Å². The molecule has 5 aromatic rings. The molecule has 0 saturated carbocycles. The molecule has 7 rings (SSSR count). The van der Waals surface area contributed by atoms with E-state index < -0.39 is 18.0 Å². The van der Waals surface area contributed by atoms with Crippen molar-refractivity contribution < 1.29 is 38.2 Å². The highest BCUT2D eigenvalue weighted by molar-refractivity contribution is 7.99. The van der Waals surface area contributed by atoms with Crippen LogP contribution in [0.2, 0.25) is 5.02 Å². The SMILES string of the molecule is COC(=O)C(CCSCC(=O)NCCCCC(=O)N1CCC(Oc2c(C)cc(Cl)cc2-c2ccnc3cc(CN4C(=O)CCC4=O)sc23)CC1)NC(=O)Nc1cn(CC(C)C)c(=O)c2ccccc12. The van der Waals surface area contributed by atoms with Crippen LogP contribution in [0.15, 0.2) is 65.7 Å². The number of halogens is 1. The monoisotopic (exact) mass is 999 g/mol. The zero-order valence-electron chi connectivity index (χ0n) is 39.3. The van der Waals surface area contributed by atoms with Crippen LogP contribution in [0.1, 0.15) is 75.7 Å². The van der Waals surface area contributed by atoms with Gasteiger partial charge >= 0.3 is 12.0 Å². The minimum atomic E-state index is -0.962. The van der Waals surface area contributed by atoms with Crippen LogP contribution in [-0.4, -0.2) is 105 Å². The number of thioether (sulfide) groups is 1. The molecule has 6 amide bonds. The summed E-state index contributed by atoms with van der Waals surface area (Å²) in [5.41, 5.74) is 3.65. The third-order valence-electron chi connectivity index (χ3n) is 12.1. The first-order valence-electron chi connectivity index (χ1n) is 23.3. The summed E-state index contributed by atoms with van der Waals surface area (Å²) in [6.45, 7) is 8.19. The average Bonchev–Trinajstić information content (AvgIpc) is 3.90. The number of benzene rings is 2. The highest BCUT2D eigenvalue weighted by Crippen LogP contribution is 2.42. The lowest BCUT2D eigenvalue weighted by molar-refractivity contribution is -0.143. The topological polar surface area (TPSA) is 198 Å². The van der Waals surface area contributed by atoms with Gasteiger partial charge in [-0.25, -0.2) is 9.59 Å². The third-order valence-corrected chi connectivity index (χ3v) is 14.4. The molecule has 16 nitrogen and oxygen atoms in total. The van der Waals surface area contributed by atoms with E-state index in [2.05, 4.69) is 20.9 Å². The Kier molecular flexibility index (Phi) is 17.4. The van der Waals surface area contributed by atoms with E-state index in [1.54, 1.807) is 41.2 Å². The molecule has 0 radical (unpaired) electrons. The third kappa shape index (κ3) is 13.0. The van der Waals surface area contributed by atoms with Gasteiger partial charge in [-0.2, -0.15) is 11.8 Å². The maximum Gasteiger partial charge on any atom is 0.328 e. The molecule has 2 fully saturated rings. The summed E-state index contributed by atoms with van der Waals surface area (Å²) in [6, 6.07) is 13.0. The molecule has 5 heterocycles. The number of rotatable bonds is 20. The molecule has 2 saturated heterocycles. The molecular weight excluding hydrogens is 942 g/mol. The van der Waals surface area contributed by atoms with Crippen molar-refractivity contribution in [3.63, 3.8) is 0 Å². The number of fused-ring (bicyclic) bond motifs is 2. The molecule has 2 aromatic carbocycles. The number of methoxy groups -OCH3 is 1.